The highest BCUT2D eigenvalue weighted by Crippen LogP contribution is 2.22. The lowest BCUT2D eigenvalue weighted by Crippen LogP contribution is -2.25. The molecule has 0 heterocycles. The van der Waals surface area contributed by atoms with Crippen molar-refractivity contribution in [2.24, 2.45) is 5.73 Å². The lowest BCUT2D eigenvalue weighted by Gasteiger charge is -2.10. The molecule has 2 aromatic carbocycles. The molecular formula is C18H20N2O4. The number of hydrogen-bond acceptors (Lipinski definition) is 4. The average Bonchev–Trinajstić information content (AvgIpc) is 2.55. The summed E-state index contributed by atoms with van der Waals surface area (Å²) in [6.07, 6.45) is 0.364. The first-order chi connectivity index (χ1) is 11.5. The van der Waals surface area contributed by atoms with Gasteiger partial charge in [-0.05, 0) is 42.8 Å². The molecule has 0 spiro atoms. The van der Waals surface area contributed by atoms with E-state index < -0.39 is 12.0 Å². The minimum atomic E-state index is -0.961. The Hall–Kier alpha value is -2.86. The number of ether oxygens (including phenoxy) is 1. The highest BCUT2D eigenvalue weighted by atomic mass is 16.5. The van der Waals surface area contributed by atoms with Gasteiger partial charge in [-0.15, -0.1) is 0 Å². The fourth-order valence-corrected chi connectivity index (χ4v) is 2.10. The van der Waals surface area contributed by atoms with Crippen LogP contribution in [0.3, 0.4) is 0 Å². The molecule has 24 heavy (non-hydrogen) atoms. The van der Waals surface area contributed by atoms with Crippen LogP contribution in [0.5, 0.6) is 11.5 Å². The Bertz CT molecular complexity index is 671. The topological polar surface area (TPSA) is 102 Å². The average molecular weight is 328 g/mol. The summed E-state index contributed by atoms with van der Waals surface area (Å²) < 4.78 is 5.67. The number of nitrogens with one attached hydrogen (secondary N) is 1. The molecule has 0 aliphatic rings. The number of para-hydroxylation sites is 1. The van der Waals surface area contributed by atoms with Crippen molar-refractivity contribution < 1.29 is 19.4 Å². The number of anilines is 1. The maximum Gasteiger partial charge on any atom is 0.304 e. The SMILES string of the molecule is N[C@@H](CCC(=O)Nc1ccc(Oc2ccccc2)cc1)CC(=O)O. The van der Waals surface area contributed by atoms with Crippen LogP contribution in [0.15, 0.2) is 54.6 Å². The summed E-state index contributed by atoms with van der Waals surface area (Å²) >= 11 is 0. The van der Waals surface area contributed by atoms with Crippen LogP contribution in [-0.4, -0.2) is 23.0 Å². The molecule has 0 saturated heterocycles. The van der Waals surface area contributed by atoms with Gasteiger partial charge in [-0.1, -0.05) is 18.2 Å². The van der Waals surface area contributed by atoms with Crippen molar-refractivity contribution in [2.75, 3.05) is 5.32 Å². The van der Waals surface area contributed by atoms with Gasteiger partial charge in [0.15, 0.2) is 0 Å². The number of carbonyl (C=O) groups excluding carboxylic acids is 1. The first-order valence-corrected chi connectivity index (χ1v) is 7.63. The summed E-state index contributed by atoms with van der Waals surface area (Å²) in [6.45, 7) is 0. The number of carbonyl (C=O) groups is 2. The number of carboxylic acid groups (broad SMARTS) is 1. The van der Waals surface area contributed by atoms with Crippen molar-refractivity contribution >= 4 is 17.6 Å². The summed E-state index contributed by atoms with van der Waals surface area (Å²) in [5.74, 6) is 0.244. The maximum atomic E-state index is 11.8. The standard InChI is InChI=1S/C18H20N2O4/c19-13(12-18(22)23)6-11-17(21)20-14-7-9-16(10-8-14)24-15-4-2-1-3-5-15/h1-5,7-10,13H,6,11-12,19H2,(H,20,21)(H,22,23)/t13-/m0/s1. The third-order valence-corrected chi connectivity index (χ3v) is 3.30. The van der Waals surface area contributed by atoms with Crippen LogP contribution in [0.25, 0.3) is 0 Å². The number of amides is 1. The summed E-state index contributed by atoms with van der Waals surface area (Å²) in [5, 5.41) is 11.4. The number of carboxylic acids is 1. The monoisotopic (exact) mass is 328 g/mol. The maximum absolute atomic E-state index is 11.8. The van der Waals surface area contributed by atoms with E-state index in [4.69, 9.17) is 15.6 Å². The van der Waals surface area contributed by atoms with Crippen LogP contribution < -0.4 is 15.8 Å². The predicted molar refractivity (Wildman–Crippen MR) is 91.0 cm³/mol. The molecule has 1 atom stereocenters. The van der Waals surface area contributed by atoms with Crippen LogP contribution in [0, 0.1) is 0 Å². The number of rotatable bonds is 8. The lowest BCUT2D eigenvalue weighted by molar-refractivity contribution is -0.137. The fourth-order valence-electron chi connectivity index (χ4n) is 2.10. The molecule has 6 nitrogen and oxygen atoms in total. The molecule has 1 amide bonds. The Kier molecular flexibility index (Phi) is 6.33. The predicted octanol–water partition coefficient (Wildman–Crippen LogP) is 3.00. The van der Waals surface area contributed by atoms with Crippen LogP contribution >= 0.6 is 0 Å². The molecule has 0 bridgehead atoms. The second kappa shape index (κ2) is 8.69. The Labute approximate surface area is 140 Å². The van der Waals surface area contributed by atoms with E-state index in [0.29, 0.717) is 17.9 Å². The second-order valence-electron chi connectivity index (χ2n) is 5.38. The van der Waals surface area contributed by atoms with Gasteiger partial charge in [0, 0.05) is 18.2 Å². The van der Waals surface area contributed by atoms with Gasteiger partial charge in [-0.2, -0.15) is 0 Å². The smallest absolute Gasteiger partial charge is 0.304 e. The fraction of sp³-hybridized carbons (Fsp3) is 0.222. The molecular weight excluding hydrogens is 308 g/mol. The zero-order valence-electron chi connectivity index (χ0n) is 13.1. The van der Waals surface area contributed by atoms with Crippen LogP contribution in [0.1, 0.15) is 19.3 Å². The molecule has 126 valence electrons. The highest BCUT2D eigenvalue weighted by Gasteiger charge is 2.11. The zero-order chi connectivity index (χ0) is 17.4. The summed E-state index contributed by atoms with van der Waals surface area (Å²) in [5.41, 5.74) is 6.28. The third-order valence-electron chi connectivity index (χ3n) is 3.30. The molecule has 0 aromatic heterocycles. The molecule has 2 aromatic rings. The highest BCUT2D eigenvalue weighted by molar-refractivity contribution is 5.90. The van der Waals surface area contributed by atoms with Crippen molar-refractivity contribution in [3.8, 4) is 11.5 Å². The summed E-state index contributed by atoms with van der Waals surface area (Å²) in [6, 6.07) is 15.9. The van der Waals surface area contributed by atoms with Gasteiger partial charge in [0.1, 0.15) is 11.5 Å². The van der Waals surface area contributed by atoms with Crippen molar-refractivity contribution in [1.29, 1.82) is 0 Å². The number of benzene rings is 2. The van der Waals surface area contributed by atoms with Gasteiger partial charge in [-0.3, -0.25) is 9.59 Å². The summed E-state index contributed by atoms with van der Waals surface area (Å²) in [4.78, 5) is 22.3. The molecule has 0 radical (unpaired) electrons. The normalized spacial score (nSPS) is 11.5. The van der Waals surface area contributed by atoms with Gasteiger partial charge in [0.2, 0.25) is 5.91 Å². The van der Waals surface area contributed by atoms with E-state index in [2.05, 4.69) is 5.32 Å². The number of nitrogens with two attached hydrogens (primary N) is 1. The Morgan fingerprint density at radius 2 is 1.67 bits per heavy atom. The molecule has 2 rings (SSSR count). The zero-order valence-corrected chi connectivity index (χ0v) is 13.1. The van der Waals surface area contributed by atoms with Crippen molar-refractivity contribution in [3.05, 3.63) is 54.6 Å². The first kappa shape index (κ1) is 17.5. The van der Waals surface area contributed by atoms with Gasteiger partial charge in [0.25, 0.3) is 0 Å². The molecule has 6 heteroatoms. The van der Waals surface area contributed by atoms with E-state index in [1.807, 2.05) is 30.3 Å². The quantitative estimate of drug-likeness (QED) is 0.691. The van der Waals surface area contributed by atoms with E-state index >= 15 is 0 Å². The largest absolute Gasteiger partial charge is 0.481 e. The van der Waals surface area contributed by atoms with Crippen LogP contribution in [0.2, 0.25) is 0 Å². The minimum Gasteiger partial charge on any atom is -0.481 e. The molecule has 4 N–H and O–H groups in total. The van der Waals surface area contributed by atoms with E-state index in [-0.39, 0.29) is 18.7 Å². The van der Waals surface area contributed by atoms with Crippen LogP contribution in [0.4, 0.5) is 5.69 Å². The van der Waals surface area contributed by atoms with Gasteiger partial charge in [0.05, 0.1) is 6.42 Å². The number of hydrogen-bond donors (Lipinski definition) is 3. The van der Waals surface area contributed by atoms with E-state index in [1.165, 1.54) is 0 Å². The van der Waals surface area contributed by atoms with E-state index in [0.717, 1.165) is 5.75 Å². The van der Waals surface area contributed by atoms with Gasteiger partial charge < -0.3 is 20.9 Å². The second-order valence-corrected chi connectivity index (χ2v) is 5.38. The molecule has 0 aliphatic heterocycles. The molecule has 0 saturated carbocycles. The van der Waals surface area contributed by atoms with E-state index in [1.54, 1.807) is 24.3 Å². The number of aliphatic carboxylic acids is 1. The van der Waals surface area contributed by atoms with E-state index in [9.17, 15) is 9.59 Å². The first-order valence-electron chi connectivity index (χ1n) is 7.63. The minimum absolute atomic E-state index is 0.140. The Morgan fingerprint density at radius 1 is 1.04 bits per heavy atom. The van der Waals surface area contributed by atoms with Gasteiger partial charge in [-0.25, -0.2) is 0 Å². The third kappa shape index (κ3) is 6.10. The molecule has 0 unspecified atom stereocenters. The van der Waals surface area contributed by atoms with Crippen molar-refractivity contribution in [3.63, 3.8) is 0 Å². The van der Waals surface area contributed by atoms with Gasteiger partial charge >= 0.3 is 5.97 Å². The molecule has 0 fully saturated rings. The Morgan fingerprint density at radius 3 is 2.29 bits per heavy atom. The van der Waals surface area contributed by atoms with Crippen molar-refractivity contribution in [2.45, 2.75) is 25.3 Å². The Balaban J connectivity index is 1.80. The van der Waals surface area contributed by atoms with Crippen molar-refractivity contribution in [1.82, 2.24) is 0 Å². The summed E-state index contributed by atoms with van der Waals surface area (Å²) in [7, 11) is 0. The lowest BCUT2D eigenvalue weighted by atomic mass is 10.1. The van der Waals surface area contributed by atoms with Crippen LogP contribution in [-0.2, 0) is 9.59 Å². The molecule has 0 aliphatic carbocycles.